The van der Waals surface area contributed by atoms with Gasteiger partial charge in [0, 0.05) is 5.56 Å². The first-order valence-corrected chi connectivity index (χ1v) is 7.13. The Morgan fingerprint density at radius 3 is 2.43 bits per heavy atom. The molecule has 1 saturated carbocycles. The molecule has 1 aliphatic heterocycles. The van der Waals surface area contributed by atoms with Crippen molar-refractivity contribution in [3.8, 4) is 0 Å². The fourth-order valence-electron chi connectivity index (χ4n) is 3.22. The lowest BCUT2D eigenvalue weighted by Crippen LogP contribution is -2.66. The minimum atomic E-state index is -1.03. The van der Waals surface area contributed by atoms with E-state index < -0.39 is 23.4 Å². The van der Waals surface area contributed by atoms with Crippen LogP contribution in [0.15, 0.2) is 10.5 Å². The summed E-state index contributed by atoms with van der Waals surface area (Å²) in [6, 6.07) is 0.721. The fraction of sp³-hybridized carbons (Fsp3) is 0.533. The Morgan fingerprint density at radius 2 is 1.95 bits per heavy atom. The highest BCUT2D eigenvalue weighted by Crippen LogP contribution is 2.46. The van der Waals surface area contributed by atoms with Crippen molar-refractivity contribution in [3.05, 3.63) is 23.2 Å². The highest BCUT2D eigenvalue weighted by atomic mass is 16.3. The number of barbiturate groups is 1. The van der Waals surface area contributed by atoms with E-state index in [0.29, 0.717) is 18.6 Å². The van der Waals surface area contributed by atoms with Crippen LogP contribution in [0.2, 0.25) is 0 Å². The van der Waals surface area contributed by atoms with Crippen LogP contribution >= 0.6 is 0 Å². The van der Waals surface area contributed by atoms with Crippen molar-refractivity contribution in [3.63, 3.8) is 0 Å². The third kappa shape index (κ3) is 1.81. The van der Waals surface area contributed by atoms with Gasteiger partial charge in [-0.15, -0.1) is 0 Å². The Morgan fingerprint density at radius 1 is 1.29 bits per heavy atom. The van der Waals surface area contributed by atoms with Crippen LogP contribution in [-0.4, -0.2) is 22.7 Å². The van der Waals surface area contributed by atoms with E-state index in [9.17, 15) is 14.4 Å². The minimum Gasteiger partial charge on any atom is -0.466 e. The molecule has 112 valence electrons. The SMILES string of the molecule is Cc1cc(C(C)N2C(=O)NC(=O)C3(CCC3)C2=O)c(C)o1. The third-order valence-electron chi connectivity index (χ3n) is 4.63. The molecule has 1 atom stereocenters. The number of nitrogens with zero attached hydrogens (tertiary/aromatic N) is 1. The van der Waals surface area contributed by atoms with Crippen LogP contribution in [0.3, 0.4) is 0 Å². The van der Waals surface area contributed by atoms with Gasteiger partial charge in [0.25, 0.3) is 0 Å². The van der Waals surface area contributed by atoms with Crippen LogP contribution in [-0.2, 0) is 9.59 Å². The smallest absolute Gasteiger partial charge is 0.331 e. The first-order chi connectivity index (χ1) is 9.86. The number of imide groups is 2. The minimum absolute atomic E-state index is 0.381. The second-order valence-electron chi connectivity index (χ2n) is 5.91. The molecule has 0 bridgehead atoms. The summed E-state index contributed by atoms with van der Waals surface area (Å²) >= 11 is 0. The van der Waals surface area contributed by atoms with Gasteiger partial charge in [0.1, 0.15) is 16.9 Å². The maximum Gasteiger partial charge on any atom is 0.331 e. The average Bonchev–Trinajstić information content (AvgIpc) is 2.65. The maximum absolute atomic E-state index is 12.7. The van der Waals surface area contributed by atoms with Crippen LogP contribution in [0.4, 0.5) is 4.79 Å². The van der Waals surface area contributed by atoms with Gasteiger partial charge in [0.15, 0.2) is 0 Å². The highest BCUT2D eigenvalue weighted by molar-refractivity contribution is 6.19. The molecule has 1 aliphatic carbocycles. The summed E-state index contributed by atoms with van der Waals surface area (Å²) in [5.74, 6) is 0.578. The lowest BCUT2D eigenvalue weighted by molar-refractivity contribution is -0.159. The van der Waals surface area contributed by atoms with Crippen molar-refractivity contribution in [2.45, 2.75) is 46.1 Å². The van der Waals surface area contributed by atoms with Gasteiger partial charge in [0.05, 0.1) is 6.04 Å². The number of urea groups is 1. The van der Waals surface area contributed by atoms with Crippen LogP contribution in [0.5, 0.6) is 0 Å². The van der Waals surface area contributed by atoms with Crippen molar-refractivity contribution < 1.29 is 18.8 Å². The molecule has 1 N–H and O–H groups in total. The van der Waals surface area contributed by atoms with Crippen LogP contribution in [0.25, 0.3) is 0 Å². The topological polar surface area (TPSA) is 79.6 Å². The lowest BCUT2D eigenvalue weighted by atomic mass is 9.66. The molecule has 2 aliphatic rings. The molecule has 1 aromatic heterocycles. The van der Waals surface area contributed by atoms with Gasteiger partial charge in [-0.1, -0.05) is 6.42 Å². The van der Waals surface area contributed by atoms with Gasteiger partial charge in [-0.05, 0) is 39.7 Å². The van der Waals surface area contributed by atoms with Gasteiger partial charge in [-0.3, -0.25) is 19.8 Å². The maximum atomic E-state index is 12.7. The number of furan rings is 1. The van der Waals surface area contributed by atoms with E-state index in [1.807, 2.05) is 13.0 Å². The number of hydrogen-bond donors (Lipinski definition) is 1. The van der Waals surface area contributed by atoms with E-state index in [0.717, 1.165) is 22.6 Å². The van der Waals surface area contributed by atoms with E-state index >= 15 is 0 Å². The Labute approximate surface area is 122 Å². The van der Waals surface area contributed by atoms with Crippen molar-refractivity contribution in [2.75, 3.05) is 0 Å². The van der Waals surface area contributed by atoms with Crippen molar-refractivity contribution in [1.29, 1.82) is 0 Å². The molecule has 1 saturated heterocycles. The van der Waals surface area contributed by atoms with Gasteiger partial charge in [0.2, 0.25) is 11.8 Å². The molecule has 3 rings (SSSR count). The first kappa shape index (κ1) is 13.9. The van der Waals surface area contributed by atoms with Crippen LogP contribution < -0.4 is 5.32 Å². The lowest BCUT2D eigenvalue weighted by Gasteiger charge is -2.46. The van der Waals surface area contributed by atoms with Crippen LogP contribution in [0, 0.1) is 19.3 Å². The number of amides is 4. The Bertz CT molecular complexity index is 642. The molecular formula is C15H18N2O4. The first-order valence-electron chi connectivity index (χ1n) is 7.13. The molecule has 1 aromatic rings. The van der Waals surface area contributed by atoms with E-state index in [-0.39, 0.29) is 5.91 Å². The summed E-state index contributed by atoms with van der Waals surface area (Å²) in [6.45, 7) is 5.39. The molecule has 1 unspecified atom stereocenters. The zero-order valence-corrected chi connectivity index (χ0v) is 12.4. The van der Waals surface area contributed by atoms with Crippen molar-refractivity contribution in [2.24, 2.45) is 5.41 Å². The number of rotatable bonds is 2. The van der Waals surface area contributed by atoms with Gasteiger partial charge >= 0.3 is 6.03 Å². The predicted octanol–water partition coefficient (Wildman–Crippen LogP) is 2.21. The monoisotopic (exact) mass is 290 g/mol. The normalized spacial score (nSPS) is 22.2. The largest absolute Gasteiger partial charge is 0.466 e. The number of nitrogens with one attached hydrogen (secondary N) is 1. The average molecular weight is 290 g/mol. The molecule has 6 heteroatoms. The molecule has 6 nitrogen and oxygen atoms in total. The second kappa shape index (κ2) is 4.44. The van der Waals surface area contributed by atoms with E-state index in [4.69, 9.17) is 4.42 Å². The number of aryl methyl sites for hydroxylation is 2. The molecule has 4 amide bonds. The molecule has 0 radical (unpaired) electrons. The summed E-state index contributed by atoms with van der Waals surface area (Å²) in [5.41, 5.74) is -0.241. The highest BCUT2D eigenvalue weighted by Gasteiger charge is 2.58. The zero-order chi connectivity index (χ0) is 15.4. The van der Waals surface area contributed by atoms with Crippen molar-refractivity contribution in [1.82, 2.24) is 10.2 Å². The Kier molecular flexibility index (Phi) is 2.93. The van der Waals surface area contributed by atoms with Crippen LogP contribution in [0.1, 0.15) is 49.3 Å². The van der Waals surface area contributed by atoms with Gasteiger partial charge < -0.3 is 4.42 Å². The van der Waals surface area contributed by atoms with E-state index in [1.165, 1.54) is 0 Å². The standard InChI is InChI=1S/C15H18N2O4/c1-8-7-11(10(3)21-8)9(2)17-13(19)15(5-4-6-15)12(18)16-14(17)20/h7,9H,4-6H2,1-3H3,(H,16,18,20). The van der Waals surface area contributed by atoms with Crippen molar-refractivity contribution >= 4 is 17.8 Å². The van der Waals surface area contributed by atoms with E-state index in [1.54, 1.807) is 13.8 Å². The third-order valence-corrected chi connectivity index (χ3v) is 4.63. The summed E-state index contributed by atoms with van der Waals surface area (Å²) in [7, 11) is 0. The molecule has 21 heavy (non-hydrogen) atoms. The Hall–Kier alpha value is -2.11. The second-order valence-corrected chi connectivity index (χ2v) is 5.91. The summed E-state index contributed by atoms with van der Waals surface area (Å²) in [4.78, 5) is 38.0. The van der Waals surface area contributed by atoms with Gasteiger partial charge in [-0.25, -0.2) is 4.79 Å². The quantitative estimate of drug-likeness (QED) is 0.847. The number of carbonyl (C=O) groups is 3. The zero-order valence-electron chi connectivity index (χ0n) is 12.4. The summed E-state index contributed by atoms with van der Waals surface area (Å²) < 4.78 is 5.47. The van der Waals surface area contributed by atoms with E-state index in [2.05, 4.69) is 5.32 Å². The predicted molar refractivity (Wildman–Crippen MR) is 73.3 cm³/mol. The molecule has 1 spiro atoms. The fourth-order valence-corrected chi connectivity index (χ4v) is 3.22. The summed E-state index contributed by atoms with van der Waals surface area (Å²) in [6.07, 6.45) is 1.86. The number of hydrogen-bond acceptors (Lipinski definition) is 4. The van der Waals surface area contributed by atoms with Gasteiger partial charge in [-0.2, -0.15) is 0 Å². The molecule has 2 fully saturated rings. The molecule has 0 aromatic carbocycles. The summed E-state index contributed by atoms with van der Waals surface area (Å²) in [5, 5.41) is 2.33. The molecular weight excluding hydrogens is 272 g/mol. The molecule has 2 heterocycles. The Balaban J connectivity index is 1.96. The number of carbonyl (C=O) groups excluding carboxylic acids is 3.